The van der Waals surface area contributed by atoms with Crippen molar-refractivity contribution in [3.8, 4) is 5.75 Å². The molecule has 0 saturated carbocycles. The Morgan fingerprint density at radius 3 is 2.77 bits per heavy atom. The SMILES string of the molecule is CCCCCOc1ccccc1C(=O)NC(=S)N1CCc2ccccc21. The number of nitrogens with zero attached hydrogens (tertiary/aromatic N) is 1. The number of hydrogen-bond acceptors (Lipinski definition) is 3. The highest BCUT2D eigenvalue weighted by atomic mass is 32.1. The van der Waals surface area contributed by atoms with Crippen molar-refractivity contribution in [2.24, 2.45) is 0 Å². The molecule has 0 spiro atoms. The van der Waals surface area contributed by atoms with Crippen LogP contribution in [0.3, 0.4) is 0 Å². The quantitative estimate of drug-likeness (QED) is 0.609. The molecule has 136 valence electrons. The number of carbonyl (C=O) groups excluding carboxylic acids is 1. The van der Waals surface area contributed by atoms with E-state index in [1.54, 1.807) is 6.07 Å². The van der Waals surface area contributed by atoms with E-state index >= 15 is 0 Å². The van der Waals surface area contributed by atoms with E-state index in [2.05, 4.69) is 18.3 Å². The molecule has 26 heavy (non-hydrogen) atoms. The number of fused-ring (bicyclic) bond motifs is 1. The molecular formula is C21H24N2O2S. The van der Waals surface area contributed by atoms with Gasteiger partial charge in [-0.15, -0.1) is 0 Å². The van der Waals surface area contributed by atoms with Crippen LogP contribution in [0.4, 0.5) is 5.69 Å². The second-order valence-corrected chi connectivity index (χ2v) is 6.73. The van der Waals surface area contributed by atoms with Crippen LogP contribution < -0.4 is 15.0 Å². The normalized spacial score (nSPS) is 12.6. The maximum Gasteiger partial charge on any atom is 0.261 e. The standard InChI is InChI=1S/C21H24N2O2S/c1-2-3-8-15-25-19-12-7-5-10-17(19)20(24)22-21(26)23-14-13-16-9-4-6-11-18(16)23/h4-7,9-12H,2-3,8,13-15H2,1H3,(H,22,24,26). The zero-order valence-electron chi connectivity index (χ0n) is 15.0. The summed E-state index contributed by atoms with van der Waals surface area (Å²) < 4.78 is 5.81. The Kier molecular flexibility index (Phi) is 6.23. The zero-order valence-corrected chi connectivity index (χ0v) is 15.8. The lowest BCUT2D eigenvalue weighted by molar-refractivity contribution is 0.0973. The van der Waals surface area contributed by atoms with Crippen molar-refractivity contribution < 1.29 is 9.53 Å². The molecule has 2 aromatic carbocycles. The van der Waals surface area contributed by atoms with E-state index in [0.717, 1.165) is 37.9 Å². The first kappa shape index (κ1) is 18.4. The minimum atomic E-state index is -0.231. The molecule has 0 aromatic heterocycles. The van der Waals surface area contributed by atoms with Gasteiger partial charge in [-0.25, -0.2) is 0 Å². The Morgan fingerprint density at radius 1 is 1.15 bits per heavy atom. The fourth-order valence-electron chi connectivity index (χ4n) is 3.10. The molecule has 1 aliphatic heterocycles. The van der Waals surface area contributed by atoms with Crippen LogP contribution in [0.25, 0.3) is 0 Å². The number of ether oxygens (including phenoxy) is 1. The Bertz CT molecular complexity index is 791. The minimum Gasteiger partial charge on any atom is -0.493 e. The van der Waals surface area contributed by atoms with Gasteiger partial charge in [0, 0.05) is 12.2 Å². The fraction of sp³-hybridized carbons (Fsp3) is 0.333. The molecule has 2 aromatic rings. The van der Waals surface area contributed by atoms with E-state index in [9.17, 15) is 4.79 Å². The van der Waals surface area contributed by atoms with Gasteiger partial charge in [-0.3, -0.25) is 10.1 Å². The predicted molar refractivity (Wildman–Crippen MR) is 109 cm³/mol. The molecule has 0 bridgehead atoms. The topological polar surface area (TPSA) is 41.6 Å². The smallest absolute Gasteiger partial charge is 0.261 e. The van der Waals surface area contributed by atoms with Gasteiger partial charge in [-0.05, 0) is 48.8 Å². The van der Waals surface area contributed by atoms with E-state index in [0.29, 0.717) is 23.0 Å². The average molecular weight is 369 g/mol. The zero-order chi connectivity index (χ0) is 18.4. The average Bonchev–Trinajstić information content (AvgIpc) is 3.10. The number of nitrogens with one attached hydrogen (secondary N) is 1. The van der Waals surface area contributed by atoms with Crippen LogP contribution in [-0.2, 0) is 6.42 Å². The number of thiocarbonyl (C=S) groups is 1. The summed E-state index contributed by atoms with van der Waals surface area (Å²) in [6, 6.07) is 15.4. The molecule has 0 atom stereocenters. The molecule has 0 unspecified atom stereocenters. The van der Waals surface area contributed by atoms with Gasteiger partial charge in [-0.1, -0.05) is 50.1 Å². The Labute approximate surface area is 160 Å². The van der Waals surface area contributed by atoms with Gasteiger partial charge >= 0.3 is 0 Å². The van der Waals surface area contributed by atoms with Crippen LogP contribution >= 0.6 is 12.2 Å². The Balaban J connectivity index is 1.66. The second kappa shape index (κ2) is 8.81. The summed E-state index contributed by atoms with van der Waals surface area (Å²) in [6.07, 6.45) is 4.17. The molecule has 1 aliphatic rings. The molecule has 0 saturated heterocycles. The van der Waals surface area contributed by atoms with Crippen molar-refractivity contribution in [2.75, 3.05) is 18.1 Å². The Hall–Kier alpha value is -2.40. The lowest BCUT2D eigenvalue weighted by atomic mass is 10.2. The monoisotopic (exact) mass is 368 g/mol. The van der Waals surface area contributed by atoms with Gasteiger partial charge in [0.05, 0.1) is 12.2 Å². The number of rotatable bonds is 6. The highest BCUT2D eigenvalue weighted by molar-refractivity contribution is 7.80. The molecule has 3 rings (SSSR count). The maximum absolute atomic E-state index is 12.7. The maximum atomic E-state index is 12.7. The van der Waals surface area contributed by atoms with E-state index in [-0.39, 0.29) is 5.91 Å². The third-order valence-corrected chi connectivity index (χ3v) is 4.81. The van der Waals surface area contributed by atoms with Crippen LogP contribution in [0, 0.1) is 0 Å². The highest BCUT2D eigenvalue weighted by Crippen LogP contribution is 2.27. The first-order chi connectivity index (χ1) is 12.7. The first-order valence-corrected chi connectivity index (χ1v) is 9.54. The number of carbonyl (C=O) groups is 1. The largest absolute Gasteiger partial charge is 0.493 e. The highest BCUT2D eigenvalue weighted by Gasteiger charge is 2.23. The summed E-state index contributed by atoms with van der Waals surface area (Å²) in [4.78, 5) is 14.7. The van der Waals surface area contributed by atoms with Crippen LogP contribution in [-0.4, -0.2) is 24.2 Å². The second-order valence-electron chi connectivity index (χ2n) is 6.34. The molecule has 4 nitrogen and oxygen atoms in total. The fourth-order valence-corrected chi connectivity index (χ4v) is 3.38. The summed E-state index contributed by atoms with van der Waals surface area (Å²) in [5, 5.41) is 3.29. The van der Waals surface area contributed by atoms with Crippen molar-refractivity contribution in [2.45, 2.75) is 32.6 Å². The number of unbranched alkanes of at least 4 members (excludes halogenated alkanes) is 2. The lowest BCUT2D eigenvalue weighted by Crippen LogP contribution is -2.42. The summed E-state index contributed by atoms with van der Waals surface area (Å²) in [5.74, 6) is 0.371. The van der Waals surface area contributed by atoms with Crippen molar-refractivity contribution in [3.05, 3.63) is 59.7 Å². The summed E-state index contributed by atoms with van der Waals surface area (Å²) in [5.41, 5.74) is 2.84. The minimum absolute atomic E-state index is 0.231. The molecule has 0 fully saturated rings. The number of hydrogen-bond donors (Lipinski definition) is 1. The van der Waals surface area contributed by atoms with Gasteiger partial charge in [0.2, 0.25) is 0 Å². The number of amides is 1. The molecular weight excluding hydrogens is 344 g/mol. The molecule has 1 N–H and O–H groups in total. The van der Waals surface area contributed by atoms with Crippen LogP contribution in [0.2, 0.25) is 0 Å². The Morgan fingerprint density at radius 2 is 1.92 bits per heavy atom. The molecule has 1 amide bonds. The van der Waals surface area contributed by atoms with Gasteiger partial charge in [0.25, 0.3) is 5.91 Å². The van der Waals surface area contributed by atoms with Gasteiger partial charge < -0.3 is 9.64 Å². The summed E-state index contributed by atoms with van der Waals surface area (Å²) in [6.45, 7) is 3.55. The van der Waals surface area contributed by atoms with E-state index in [1.165, 1.54) is 5.56 Å². The van der Waals surface area contributed by atoms with Crippen molar-refractivity contribution in [1.29, 1.82) is 0 Å². The van der Waals surface area contributed by atoms with Crippen molar-refractivity contribution in [3.63, 3.8) is 0 Å². The number of anilines is 1. The van der Waals surface area contributed by atoms with Crippen molar-refractivity contribution >= 4 is 28.9 Å². The number of para-hydroxylation sites is 2. The van der Waals surface area contributed by atoms with E-state index < -0.39 is 0 Å². The van der Waals surface area contributed by atoms with E-state index in [1.807, 2.05) is 41.3 Å². The van der Waals surface area contributed by atoms with Crippen molar-refractivity contribution in [1.82, 2.24) is 5.32 Å². The first-order valence-electron chi connectivity index (χ1n) is 9.13. The van der Waals surface area contributed by atoms with Crippen LogP contribution in [0.15, 0.2) is 48.5 Å². The lowest BCUT2D eigenvalue weighted by Gasteiger charge is -2.21. The van der Waals surface area contributed by atoms with Gasteiger partial charge in [0.15, 0.2) is 5.11 Å². The molecule has 0 aliphatic carbocycles. The molecule has 1 heterocycles. The summed E-state index contributed by atoms with van der Waals surface area (Å²) in [7, 11) is 0. The summed E-state index contributed by atoms with van der Waals surface area (Å²) >= 11 is 5.48. The number of benzene rings is 2. The van der Waals surface area contributed by atoms with Crippen LogP contribution in [0.5, 0.6) is 5.75 Å². The van der Waals surface area contributed by atoms with Crippen LogP contribution in [0.1, 0.15) is 42.1 Å². The third kappa shape index (κ3) is 4.22. The van der Waals surface area contributed by atoms with E-state index in [4.69, 9.17) is 17.0 Å². The molecule has 5 heteroatoms. The predicted octanol–water partition coefficient (Wildman–Crippen LogP) is 4.33. The molecule has 0 radical (unpaired) electrons. The van der Waals surface area contributed by atoms with Gasteiger partial charge in [0.1, 0.15) is 5.75 Å². The third-order valence-electron chi connectivity index (χ3n) is 4.49. The van der Waals surface area contributed by atoms with Gasteiger partial charge in [-0.2, -0.15) is 0 Å².